The molecule has 1 unspecified atom stereocenters. The number of aromatic amines is 1. The van der Waals surface area contributed by atoms with Crippen LogP contribution in [0.4, 0.5) is 0 Å². The lowest BCUT2D eigenvalue weighted by Crippen LogP contribution is -2.11. The molecule has 1 heteroatoms. The Labute approximate surface area is 113 Å². The Morgan fingerprint density at radius 3 is 2.58 bits per heavy atom. The maximum atomic E-state index is 3.59. The molecule has 1 atom stereocenters. The Morgan fingerprint density at radius 2 is 1.68 bits per heavy atom. The lowest BCUT2D eigenvalue weighted by molar-refractivity contribution is 0.582. The highest BCUT2D eigenvalue weighted by molar-refractivity contribution is 5.85. The monoisotopic (exact) mass is 247 g/mol. The van der Waals surface area contributed by atoms with Gasteiger partial charge in [0.25, 0.3) is 0 Å². The van der Waals surface area contributed by atoms with E-state index in [1.807, 2.05) is 0 Å². The first-order valence-electron chi connectivity index (χ1n) is 7.05. The summed E-state index contributed by atoms with van der Waals surface area (Å²) >= 11 is 0. The summed E-state index contributed by atoms with van der Waals surface area (Å²) in [5.74, 6) is 0.674. The SMILES string of the molecule is c1ccc(C2CCc3[nH]c4ccccc4c3C2)cc1. The van der Waals surface area contributed by atoms with Crippen LogP contribution in [-0.4, -0.2) is 4.98 Å². The fourth-order valence-electron chi connectivity index (χ4n) is 3.38. The fraction of sp³-hybridized carbons (Fsp3) is 0.222. The summed E-state index contributed by atoms with van der Waals surface area (Å²) in [7, 11) is 0. The zero-order valence-corrected chi connectivity index (χ0v) is 10.9. The van der Waals surface area contributed by atoms with Crippen molar-refractivity contribution in [2.75, 3.05) is 0 Å². The Morgan fingerprint density at radius 1 is 0.895 bits per heavy atom. The van der Waals surface area contributed by atoms with E-state index in [9.17, 15) is 0 Å². The van der Waals surface area contributed by atoms with Crippen LogP contribution < -0.4 is 0 Å². The van der Waals surface area contributed by atoms with Gasteiger partial charge in [0, 0.05) is 16.6 Å². The van der Waals surface area contributed by atoms with Crippen LogP contribution in [0.5, 0.6) is 0 Å². The Kier molecular flexibility index (Phi) is 2.44. The van der Waals surface area contributed by atoms with E-state index < -0.39 is 0 Å². The van der Waals surface area contributed by atoms with Crippen LogP contribution in [0.15, 0.2) is 54.6 Å². The van der Waals surface area contributed by atoms with E-state index >= 15 is 0 Å². The molecule has 1 aromatic heterocycles. The van der Waals surface area contributed by atoms with Gasteiger partial charge in [-0.2, -0.15) is 0 Å². The third kappa shape index (κ3) is 1.77. The summed E-state index contributed by atoms with van der Waals surface area (Å²) in [6, 6.07) is 19.6. The smallest absolute Gasteiger partial charge is 0.0458 e. The molecule has 0 radical (unpaired) electrons. The number of rotatable bonds is 1. The van der Waals surface area contributed by atoms with Crippen LogP contribution in [0.1, 0.15) is 29.2 Å². The molecule has 0 saturated heterocycles. The molecule has 1 N–H and O–H groups in total. The average molecular weight is 247 g/mol. The number of hydrogen-bond donors (Lipinski definition) is 1. The molecular formula is C18H17N. The Bertz CT molecular complexity index is 709. The molecule has 1 aliphatic carbocycles. The summed E-state index contributed by atoms with van der Waals surface area (Å²) < 4.78 is 0. The molecule has 2 aromatic carbocycles. The first-order chi connectivity index (χ1) is 9.42. The van der Waals surface area contributed by atoms with E-state index in [2.05, 4.69) is 59.6 Å². The summed E-state index contributed by atoms with van der Waals surface area (Å²) in [6.07, 6.45) is 3.59. The largest absolute Gasteiger partial charge is 0.358 e. The van der Waals surface area contributed by atoms with E-state index in [-0.39, 0.29) is 0 Å². The van der Waals surface area contributed by atoms with Crippen molar-refractivity contribution < 1.29 is 0 Å². The van der Waals surface area contributed by atoms with Crippen LogP contribution in [-0.2, 0) is 12.8 Å². The summed E-state index contributed by atoms with van der Waals surface area (Å²) in [6.45, 7) is 0. The molecule has 0 amide bonds. The van der Waals surface area contributed by atoms with Gasteiger partial charge in [0.15, 0.2) is 0 Å². The number of aryl methyl sites for hydroxylation is 1. The molecule has 0 spiro atoms. The van der Waals surface area contributed by atoms with Crippen LogP contribution in [0.3, 0.4) is 0 Å². The molecule has 1 aliphatic rings. The third-order valence-electron chi connectivity index (χ3n) is 4.37. The molecular weight excluding hydrogens is 230 g/mol. The summed E-state index contributed by atoms with van der Waals surface area (Å²) in [4.78, 5) is 3.59. The quantitative estimate of drug-likeness (QED) is 0.654. The summed E-state index contributed by atoms with van der Waals surface area (Å²) in [5, 5.41) is 1.41. The van der Waals surface area contributed by atoms with Gasteiger partial charge in [-0.05, 0) is 42.4 Å². The van der Waals surface area contributed by atoms with Gasteiger partial charge < -0.3 is 4.98 Å². The van der Waals surface area contributed by atoms with Crippen molar-refractivity contribution >= 4 is 10.9 Å². The lowest BCUT2D eigenvalue weighted by Gasteiger charge is -2.22. The topological polar surface area (TPSA) is 15.8 Å². The van der Waals surface area contributed by atoms with Crippen LogP contribution in [0, 0.1) is 0 Å². The normalized spacial score (nSPS) is 18.4. The maximum Gasteiger partial charge on any atom is 0.0458 e. The second kappa shape index (κ2) is 4.27. The molecule has 0 saturated carbocycles. The molecule has 19 heavy (non-hydrogen) atoms. The van der Waals surface area contributed by atoms with Crippen molar-refractivity contribution in [3.63, 3.8) is 0 Å². The molecule has 1 heterocycles. The minimum Gasteiger partial charge on any atom is -0.358 e. The van der Waals surface area contributed by atoms with Crippen molar-refractivity contribution in [3.8, 4) is 0 Å². The van der Waals surface area contributed by atoms with Crippen LogP contribution in [0.25, 0.3) is 10.9 Å². The number of benzene rings is 2. The van der Waals surface area contributed by atoms with E-state index in [0.717, 1.165) is 0 Å². The highest BCUT2D eigenvalue weighted by Gasteiger charge is 2.23. The maximum absolute atomic E-state index is 3.59. The van der Waals surface area contributed by atoms with Gasteiger partial charge >= 0.3 is 0 Å². The standard InChI is InChI=1S/C18H17N/c1-2-6-13(7-3-1)14-10-11-18-16(12-14)15-8-4-5-9-17(15)19-18/h1-9,14,19H,10-12H2. The third-order valence-corrected chi connectivity index (χ3v) is 4.37. The van der Waals surface area contributed by atoms with Gasteiger partial charge in [0.2, 0.25) is 0 Å². The van der Waals surface area contributed by atoms with E-state index in [0.29, 0.717) is 5.92 Å². The molecule has 1 nitrogen and oxygen atoms in total. The second-order valence-electron chi connectivity index (χ2n) is 5.48. The minimum atomic E-state index is 0.674. The summed E-state index contributed by atoms with van der Waals surface area (Å²) in [5.41, 5.74) is 5.77. The van der Waals surface area contributed by atoms with E-state index in [1.165, 1.54) is 47.0 Å². The van der Waals surface area contributed by atoms with Gasteiger partial charge in [-0.3, -0.25) is 0 Å². The highest BCUT2D eigenvalue weighted by atomic mass is 14.7. The van der Waals surface area contributed by atoms with Crippen LogP contribution >= 0.6 is 0 Å². The van der Waals surface area contributed by atoms with Gasteiger partial charge in [-0.25, -0.2) is 0 Å². The van der Waals surface area contributed by atoms with Crippen molar-refractivity contribution in [1.29, 1.82) is 0 Å². The van der Waals surface area contributed by atoms with Gasteiger partial charge in [-0.1, -0.05) is 48.5 Å². The van der Waals surface area contributed by atoms with E-state index in [1.54, 1.807) is 0 Å². The number of aromatic nitrogens is 1. The number of H-pyrrole nitrogens is 1. The molecule has 4 rings (SSSR count). The number of fused-ring (bicyclic) bond motifs is 3. The second-order valence-corrected chi connectivity index (χ2v) is 5.48. The zero-order chi connectivity index (χ0) is 12.7. The molecule has 0 fully saturated rings. The van der Waals surface area contributed by atoms with Gasteiger partial charge in [0.1, 0.15) is 0 Å². The zero-order valence-electron chi connectivity index (χ0n) is 10.9. The molecule has 0 aliphatic heterocycles. The molecule has 94 valence electrons. The average Bonchev–Trinajstić information content (AvgIpc) is 2.86. The first-order valence-corrected chi connectivity index (χ1v) is 7.05. The number of hydrogen-bond acceptors (Lipinski definition) is 0. The first kappa shape index (κ1) is 10.9. The van der Waals surface area contributed by atoms with Gasteiger partial charge in [0.05, 0.1) is 0 Å². The minimum absolute atomic E-state index is 0.674. The molecule has 3 aromatic rings. The van der Waals surface area contributed by atoms with Crippen molar-refractivity contribution in [2.24, 2.45) is 0 Å². The Hall–Kier alpha value is -2.02. The number of para-hydroxylation sites is 1. The fourth-order valence-corrected chi connectivity index (χ4v) is 3.38. The van der Waals surface area contributed by atoms with Crippen molar-refractivity contribution in [1.82, 2.24) is 4.98 Å². The highest BCUT2D eigenvalue weighted by Crippen LogP contribution is 2.36. The van der Waals surface area contributed by atoms with Crippen molar-refractivity contribution in [3.05, 3.63) is 71.4 Å². The van der Waals surface area contributed by atoms with E-state index in [4.69, 9.17) is 0 Å². The van der Waals surface area contributed by atoms with Crippen LogP contribution in [0.2, 0.25) is 0 Å². The predicted octanol–water partition coefficient (Wildman–Crippen LogP) is 4.44. The predicted molar refractivity (Wildman–Crippen MR) is 79.5 cm³/mol. The van der Waals surface area contributed by atoms with Gasteiger partial charge in [-0.15, -0.1) is 0 Å². The van der Waals surface area contributed by atoms with Crippen molar-refractivity contribution in [2.45, 2.75) is 25.2 Å². The molecule has 0 bridgehead atoms. The number of nitrogens with one attached hydrogen (secondary N) is 1. The Balaban J connectivity index is 1.77. The lowest BCUT2D eigenvalue weighted by atomic mass is 9.82.